The Kier molecular flexibility index (Phi) is 1.91. The van der Waals surface area contributed by atoms with E-state index in [4.69, 9.17) is 4.74 Å². The second-order valence-electron chi connectivity index (χ2n) is 5.27. The maximum atomic E-state index is 5.98. The molecule has 2 atom stereocenters. The molecule has 16 heavy (non-hydrogen) atoms. The summed E-state index contributed by atoms with van der Waals surface area (Å²) in [6.45, 7) is 1.03. The van der Waals surface area contributed by atoms with E-state index in [9.17, 15) is 0 Å². The predicted octanol–water partition coefficient (Wildman–Crippen LogP) is 2.84. The molecule has 2 fully saturated rings. The quantitative estimate of drug-likeness (QED) is 0.837. The lowest BCUT2D eigenvalue weighted by Gasteiger charge is -2.16. The fraction of sp³-hybridized carbons (Fsp3) is 0.571. The van der Waals surface area contributed by atoms with Crippen molar-refractivity contribution in [2.45, 2.75) is 50.5 Å². The third-order valence-electron chi connectivity index (χ3n) is 4.08. The molecule has 0 radical (unpaired) electrons. The van der Waals surface area contributed by atoms with Gasteiger partial charge in [0.25, 0.3) is 0 Å². The lowest BCUT2D eigenvalue weighted by Crippen LogP contribution is -2.17. The summed E-state index contributed by atoms with van der Waals surface area (Å²) >= 11 is 0. The number of hydrogen-bond acceptors (Lipinski definition) is 2. The van der Waals surface area contributed by atoms with Crippen molar-refractivity contribution in [2.75, 3.05) is 0 Å². The first-order valence-corrected chi connectivity index (χ1v) is 6.42. The molecule has 0 aromatic heterocycles. The molecule has 2 aliphatic heterocycles. The maximum Gasteiger partial charge on any atom is 0.0841 e. The van der Waals surface area contributed by atoms with Crippen molar-refractivity contribution in [3.8, 4) is 0 Å². The minimum absolute atomic E-state index is 0.400. The van der Waals surface area contributed by atoms with Crippen LogP contribution in [0.25, 0.3) is 0 Å². The van der Waals surface area contributed by atoms with Crippen molar-refractivity contribution in [1.82, 2.24) is 5.32 Å². The summed E-state index contributed by atoms with van der Waals surface area (Å²) in [5, 5.41) is 3.61. The highest BCUT2D eigenvalue weighted by atomic mass is 16.5. The molecule has 1 aliphatic carbocycles. The molecule has 2 heterocycles. The van der Waals surface area contributed by atoms with Crippen molar-refractivity contribution in [2.24, 2.45) is 0 Å². The molecule has 1 saturated carbocycles. The summed E-state index contributed by atoms with van der Waals surface area (Å²) in [6.07, 6.45) is 5.96. The Hall–Kier alpha value is -0.860. The van der Waals surface area contributed by atoms with Crippen molar-refractivity contribution < 1.29 is 4.74 Å². The molecular formula is C14H17NO. The molecule has 2 unspecified atom stereocenters. The molecule has 2 heteroatoms. The van der Waals surface area contributed by atoms with Crippen molar-refractivity contribution in [3.63, 3.8) is 0 Å². The first-order chi connectivity index (χ1) is 7.92. The Morgan fingerprint density at radius 3 is 2.88 bits per heavy atom. The summed E-state index contributed by atoms with van der Waals surface area (Å²) in [5.41, 5.74) is 4.44. The van der Waals surface area contributed by atoms with Crippen LogP contribution in [0.4, 0.5) is 0 Å². The van der Waals surface area contributed by atoms with E-state index in [2.05, 4.69) is 23.5 Å². The van der Waals surface area contributed by atoms with E-state index < -0.39 is 0 Å². The van der Waals surface area contributed by atoms with Gasteiger partial charge < -0.3 is 10.1 Å². The maximum absolute atomic E-state index is 5.98. The van der Waals surface area contributed by atoms with E-state index in [1.165, 1.54) is 42.4 Å². The highest BCUT2D eigenvalue weighted by Crippen LogP contribution is 2.51. The van der Waals surface area contributed by atoms with Crippen LogP contribution in [0.3, 0.4) is 0 Å². The molecule has 0 spiro atoms. The zero-order valence-electron chi connectivity index (χ0n) is 9.41. The van der Waals surface area contributed by atoms with E-state index in [0.29, 0.717) is 12.2 Å². The smallest absolute Gasteiger partial charge is 0.0841 e. The molecule has 84 valence electrons. The van der Waals surface area contributed by atoms with Gasteiger partial charge in [0.1, 0.15) is 0 Å². The topological polar surface area (TPSA) is 21.3 Å². The van der Waals surface area contributed by atoms with E-state index in [1.54, 1.807) is 0 Å². The fourth-order valence-corrected chi connectivity index (χ4v) is 3.08. The molecule has 3 aliphatic rings. The first kappa shape index (κ1) is 9.20. The Balaban J connectivity index is 1.66. The number of hydrogen-bond donors (Lipinski definition) is 1. The number of fused-ring (bicyclic) bond motifs is 5. The van der Waals surface area contributed by atoms with Gasteiger partial charge in [-0.25, -0.2) is 0 Å². The zero-order valence-corrected chi connectivity index (χ0v) is 9.41. The standard InChI is InChI=1S/C14H17NO/c1-2-9(8-15-10-4-5-10)14-11(3-1)12-6-7-13(14)16-12/h1-3,10,12-13,15H,4-8H2. The van der Waals surface area contributed by atoms with Crippen molar-refractivity contribution >= 4 is 0 Å². The molecule has 1 aromatic rings. The van der Waals surface area contributed by atoms with Crippen LogP contribution in [0, 0.1) is 0 Å². The average Bonchev–Trinajstić information content (AvgIpc) is 2.92. The van der Waals surface area contributed by atoms with Gasteiger partial charge in [-0.3, -0.25) is 0 Å². The van der Waals surface area contributed by atoms with Gasteiger partial charge in [-0.05, 0) is 42.4 Å². The minimum Gasteiger partial charge on any atom is -0.366 e. The highest BCUT2D eigenvalue weighted by molar-refractivity contribution is 5.43. The third-order valence-corrected chi connectivity index (χ3v) is 4.08. The van der Waals surface area contributed by atoms with Crippen LogP contribution in [-0.2, 0) is 11.3 Å². The van der Waals surface area contributed by atoms with Crippen LogP contribution < -0.4 is 5.32 Å². The summed E-state index contributed by atoms with van der Waals surface area (Å²) < 4.78 is 5.98. The molecule has 2 nitrogen and oxygen atoms in total. The second-order valence-corrected chi connectivity index (χ2v) is 5.27. The van der Waals surface area contributed by atoms with Gasteiger partial charge >= 0.3 is 0 Å². The number of ether oxygens (including phenoxy) is 1. The highest BCUT2D eigenvalue weighted by Gasteiger charge is 2.39. The number of nitrogens with one attached hydrogen (secondary N) is 1. The van der Waals surface area contributed by atoms with Gasteiger partial charge in [-0.15, -0.1) is 0 Å². The number of rotatable bonds is 3. The molecule has 1 saturated heterocycles. The van der Waals surface area contributed by atoms with E-state index in [0.717, 1.165) is 12.6 Å². The second kappa shape index (κ2) is 3.31. The lowest BCUT2D eigenvalue weighted by molar-refractivity contribution is 0.0713. The monoisotopic (exact) mass is 215 g/mol. The Labute approximate surface area is 96.0 Å². The van der Waals surface area contributed by atoms with E-state index in [1.807, 2.05) is 0 Å². The SMILES string of the molecule is c1cc(CNC2CC2)c2c(c1)C1CCC2O1. The van der Waals surface area contributed by atoms with E-state index >= 15 is 0 Å². The molecule has 4 rings (SSSR count). The van der Waals surface area contributed by atoms with Gasteiger partial charge in [-0.1, -0.05) is 18.2 Å². The zero-order chi connectivity index (χ0) is 10.5. The molecular weight excluding hydrogens is 198 g/mol. The van der Waals surface area contributed by atoms with Crippen LogP contribution in [0.5, 0.6) is 0 Å². The van der Waals surface area contributed by atoms with Gasteiger partial charge in [0.2, 0.25) is 0 Å². The lowest BCUT2D eigenvalue weighted by atomic mass is 9.88. The predicted molar refractivity (Wildman–Crippen MR) is 62.1 cm³/mol. The van der Waals surface area contributed by atoms with Crippen LogP contribution in [0.1, 0.15) is 54.6 Å². The van der Waals surface area contributed by atoms with Gasteiger partial charge in [0.05, 0.1) is 12.2 Å². The Bertz CT molecular complexity index is 425. The minimum atomic E-state index is 0.400. The van der Waals surface area contributed by atoms with Gasteiger partial charge in [-0.2, -0.15) is 0 Å². The number of benzene rings is 1. The van der Waals surface area contributed by atoms with Gasteiger partial charge in [0.15, 0.2) is 0 Å². The largest absolute Gasteiger partial charge is 0.366 e. The first-order valence-electron chi connectivity index (χ1n) is 6.42. The normalized spacial score (nSPS) is 30.8. The van der Waals surface area contributed by atoms with Crippen molar-refractivity contribution in [1.29, 1.82) is 0 Å². The van der Waals surface area contributed by atoms with Crippen LogP contribution in [0.2, 0.25) is 0 Å². The Morgan fingerprint density at radius 2 is 2.00 bits per heavy atom. The van der Waals surface area contributed by atoms with Crippen molar-refractivity contribution in [3.05, 3.63) is 34.9 Å². The van der Waals surface area contributed by atoms with E-state index in [-0.39, 0.29) is 0 Å². The fourth-order valence-electron chi connectivity index (χ4n) is 3.08. The Morgan fingerprint density at radius 1 is 1.12 bits per heavy atom. The molecule has 0 amide bonds. The molecule has 1 aromatic carbocycles. The van der Waals surface area contributed by atoms with Crippen LogP contribution in [-0.4, -0.2) is 6.04 Å². The summed E-state index contributed by atoms with van der Waals surface area (Å²) in [7, 11) is 0. The van der Waals surface area contributed by atoms with Crippen LogP contribution in [0.15, 0.2) is 18.2 Å². The van der Waals surface area contributed by atoms with Crippen LogP contribution >= 0.6 is 0 Å². The molecule has 2 bridgehead atoms. The summed E-state index contributed by atoms with van der Waals surface area (Å²) in [6, 6.07) is 7.49. The molecule has 1 N–H and O–H groups in total. The summed E-state index contributed by atoms with van der Waals surface area (Å²) in [5.74, 6) is 0. The average molecular weight is 215 g/mol. The van der Waals surface area contributed by atoms with Gasteiger partial charge in [0, 0.05) is 12.6 Å². The summed E-state index contributed by atoms with van der Waals surface area (Å²) in [4.78, 5) is 0. The third kappa shape index (κ3) is 1.33.